The fraction of sp³-hybridized carbons (Fsp3) is 0.435. The molecule has 1 amide bonds. The second kappa shape index (κ2) is 8.74. The average molecular weight is 396 g/mol. The van der Waals surface area contributed by atoms with E-state index in [1.165, 1.54) is 11.1 Å². The fourth-order valence-corrected chi connectivity index (χ4v) is 4.31. The highest BCUT2D eigenvalue weighted by Crippen LogP contribution is 2.34. The third-order valence-electron chi connectivity index (χ3n) is 5.91. The van der Waals surface area contributed by atoms with Crippen LogP contribution in [-0.2, 0) is 17.8 Å². The number of amides is 1. The Hall–Kier alpha value is -2.73. The Balaban J connectivity index is 1.42. The predicted molar refractivity (Wildman–Crippen MR) is 111 cm³/mol. The molecule has 2 aliphatic rings. The Morgan fingerprint density at radius 2 is 1.97 bits per heavy atom. The first-order valence-corrected chi connectivity index (χ1v) is 10.2. The minimum absolute atomic E-state index is 0.0508. The lowest BCUT2D eigenvalue weighted by molar-refractivity contribution is -0.128. The molecule has 1 unspecified atom stereocenters. The number of hydrogen-bond donors (Lipinski definition) is 0. The second-order valence-corrected chi connectivity index (χ2v) is 7.63. The van der Waals surface area contributed by atoms with Crippen molar-refractivity contribution < 1.29 is 18.7 Å². The normalized spacial score (nSPS) is 19.9. The minimum Gasteiger partial charge on any atom is -0.493 e. The number of nitrogens with zero attached hydrogens (tertiary/aromatic N) is 2. The van der Waals surface area contributed by atoms with Gasteiger partial charge in [0.05, 0.1) is 20.5 Å². The molecule has 1 aromatic carbocycles. The summed E-state index contributed by atoms with van der Waals surface area (Å²) >= 11 is 0. The number of ether oxygens (including phenoxy) is 2. The zero-order chi connectivity index (χ0) is 20.2. The van der Waals surface area contributed by atoms with Crippen molar-refractivity contribution in [2.24, 2.45) is 0 Å². The first-order chi connectivity index (χ1) is 14.2. The van der Waals surface area contributed by atoms with Crippen LogP contribution >= 0.6 is 0 Å². The first kappa shape index (κ1) is 19.6. The van der Waals surface area contributed by atoms with Gasteiger partial charge in [-0.05, 0) is 60.7 Å². The van der Waals surface area contributed by atoms with Crippen molar-refractivity contribution >= 4 is 12.0 Å². The number of piperidine rings is 1. The van der Waals surface area contributed by atoms with E-state index in [4.69, 9.17) is 13.9 Å². The van der Waals surface area contributed by atoms with Crippen LogP contribution in [0.4, 0.5) is 0 Å². The van der Waals surface area contributed by atoms with Gasteiger partial charge in [-0.15, -0.1) is 0 Å². The molecule has 4 rings (SSSR count). The van der Waals surface area contributed by atoms with Crippen LogP contribution in [0.15, 0.2) is 41.0 Å². The largest absolute Gasteiger partial charge is 0.493 e. The van der Waals surface area contributed by atoms with Gasteiger partial charge >= 0.3 is 0 Å². The number of benzene rings is 1. The zero-order valence-corrected chi connectivity index (χ0v) is 17.1. The van der Waals surface area contributed by atoms with Gasteiger partial charge in [0.2, 0.25) is 5.91 Å². The lowest BCUT2D eigenvalue weighted by atomic mass is 9.95. The van der Waals surface area contributed by atoms with E-state index in [-0.39, 0.29) is 5.91 Å². The summed E-state index contributed by atoms with van der Waals surface area (Å²) in [5, 5.41) is 0. The summed E-state index contributed by atoms with van der Waals surface area (Å²) in [6, 6.07) is 8.24. The van der Waals surface area contributed by atoms with E-state index in [9.17, 15) is 4.79 Å². The Morgan fingerprint density at radius 3 is 2.69 bits per heavy atom. The topological polar surface area (TPSA) is 55.2 Å². The molecule has 0 bridgehead atoms. The highest BCUT2D eigenvalue weighted by atomic mass is 16.5. The molecule has 0 radical (unpaired) electrons. The number of carbonyl (C=O) groups is 1. The van der Waals surface area contributed by atoms with Crippen molar-refractivity contribution in [1.82, 2.24) is 9.80 Å². The SMILES string of the molecule is COc1cc2c(cc1OC)CN(C1CCCN(C(=O)C=Cc3ccco3)C1)CC2. The maximum Gasteiger partial charge on any atom is 0.246 e. The fourth-order valence-electron chi connectivity index (χ4n) is 4.31. The van der Waals surface area contributed by atoms with Crippen molar-refractivity contribution in [3.63, 3.8) is 0 Å². The van der Waals surface area contributed by atoms with Crippen molar-refractivity contribution in [2.75, 3.05) is 33.9 Å². The van der Waals surface area contributed by atoms with Gasteiger partial charge in [0.15, 0.2) is 11.5 Å². The lowest BCUT2D eigenvalue weighted by Gasteiger charge is -2.41. The number of likely N-dealkylation sites (tertiary alicyclic amines) is 1. The van der Waals surface area contributed by atoms with Crippen molar-refractivity contribution in [1.29, 1.82) is 0 Å². The average Bonchev–Trinajstić information content (AvgIpc) is 3.29. The van der Waals surface area contributed by atoms with Crippen LogP contribution < -0.4 is 9.47 Å². The Labute approximate surface area is 171 Å². The third kappa shape index (κ3) is 4.32. The highest BCUT2D eigenvalue weighted by Gasteiger charge is 2.30. The Morgan fingerprint density at radius 1 is 1.17 bits per heavy atom. The predicted octanol–water partition coefficient (Wildman–Crippen LogP) is 3.36. The van der Waals surface area contributed by atoms with Gasteiger partial charge in [-0.2, -0.15) is 0 Å². The summed E-state index contributed by atoms with van der Waals surface area (Å²) in [6.07, 6.45) is 8.10. The highest BCUT2D eigenvalue weighted by molar-refractivity contribution is 5.91. The quantitative estimate of drug-likeness (QED) is 0.726. The standard InChI is InChI=1S/C23H28N2O4/c1-27-21-13-17-9-11-24(15-18(17)14-22(21)28-2)19-5-3-10-25(16-19)23(26)8-7-20-6-4-12-29-20/h4,6-8,12-14,19H,3,5,9-11,15-16H2,1-2H3. The van der Waals surface area contributed by atoms with Gasteiger partial charge in [-0.1, -0.05) is 0 Å². The van der Waals surface area contributed by atoms with Crippen LogP contribution in [0, 0.1) is 0 Å². The molecular weight excluding hydrogens is 368 g/mol. The first-order valence-electron chi connectivity index (χ1n) is 10.2. The molecule has 29 heavy (non-hydrogen) atoms. The van der Waals surface area contributed by atoms with Gasteiger partial charge in [-0.3, -0.25) is 9.69 Å². The van der Waals surface area contributed by atoms with Gasteiger partial charge in [0, 0.05) is 38.3 Å². The molecular formula is C23H28N2O4. The molecule has 154 valence electrons. The molecule has 1 fully saturated rings. The maximum atomic E-state index is 12.6. The molecule has 0 N–H and O–H groups in total. The molecule has 6 nitrogen and oxygen atoms in total. The van der Waals surface area contributed by atoms with Crippen molar-refractivity contribution in [3.05, 3.63) is 53.5 Å². The number of furan rings is 1. The van der Waals surface area contributed by atoms with E-state index in [0.717, 1.165) is 56.9 Å². The van der Waals surface area contributed by atoms with E-state index in [2.05, 4.69) is 17.0 Å². The van der Waals surface area contributed by atoms with Crippen molar-refractivity contribution in [3.8, 4) is 11.5 Å². The van der Waals surface area contributed by atoms with E-state index >= 15 is 0 Å². The summed E-state index contributed by atoms with van der Waals surface area (Å²) in [6.45, 7) is 3.46. The summed E-state index contributed by atoms with van der Waals surface area (Å²) in [4.78, 5) is 17.1. The summed E-state index contributed by atoms with van der Waals surface area (Å²) < 4.78 is 16.2. The molecule has 2 aromatic rings. The van der Waals surface area contributed by atoms with Gasteiger partial charge < -0.3 is 18.8 Å². The van der Waals surface area contributed by atoms with Crippen molar-refractivity contribution in [2.45, 2.75) is 31.8 Å². The Bertz CT molecular complexity index is 875. The molecule has 1 atom stereocenters. The van der Waals surface area contributed by atoms with Gasteiger partial charge in [0.1, 0.15) is 5.76 Å². The van der Waals surface area contributed by atoms with Crippen LogP contribution in [0.5, 0.6) is 11.5 Å². The number of fused-ring (bicyclic) bond motifs is 1. The monoisotopic (exact) mass is 396 g/mol. The van der Waals surface area contributed by atoms with E-state index < -0.39 is 0 Å². The van der Waals surface area contributed by atoms with E-state index in [1.807, 2.05) is 17.0 Å². The van der Waals surface area contributed by atoms with Crippen LogP contribution in [0.25, 0.3) is 6.08 Å². The molecule has 0 aliphatic carbocycles. The minimum atomic E-state index is 0.0508. The summed E-state index contributed by atoms with van der Waals surface area (Å²) in [7, 11) is 3.35. The number of carbonyl (C=O) groups excluding carboxylic acids is 1. The van der Waals surface area contributed by atoms with Crippen LogP contribution in [-0.4, -0.2) is 55.6 Å². The molecule has 1 saturated heterocycles. The second-order valence-electron chi connectivity index (χ2n) is 7.63. The Kier molecular flexibility index (Phi) is 5.90. The van der Waals surface area contributed by atoms with E-state index in [0.29, 0.717) is 11.8 Å². The van der Waals surface area contributed by atoms with Crippen LogP contribution in [0.1, 0.15) is 29.7 Å². The molecule has 0 saturated carbocycles. The number of hydrogen-bond acceptors (Lipinski definition) is 5. The molecule has 2 aliphatic heterocycles. The van der Waals surface area contributed by atoms with Gasteiger partial charge in [0.25, 0.3) is 0 Å². The number of rotatable bonds is 5. The summed E-state index contributed by atoms with van der Waals surface area (Å²) in [5.74, 6) is 2.31. The number of methoxy groups -OCH3 is 2. The zero-order valence-electron chi connectivity index (χ0n) is 17.1. The van der Waals surface area contributed by atoms with Gasteiger partial charge in [-0.25, -0.2) is 0 Å². The smallest absolute Gasteiger partial charge is 0.246 e. The lowest BCUT2D eigenvalue weighted by Crippen LogP contribution is -2.50. The molecule has 6 heteroatoms. The molecule has 0 spiro atoms. The molecule has 3 heterocycles. The van der Waals surface area contributed by atoms with E-state index in [1.54, 1.807) is 32.6 Å². The maximum absolute atomic E-state index is 12.6. The molecule has 1 aromatic heterocycles. The third-order valence-corrected chi connectivity index (χ3v) is 5.91. The van der Waals surface area contributed by atoms with Crippen LogP contribution in [0.2, 0.25) is 0 Å². The summed E-state index contributed by atoms with van der Waals surface area (Å²) in [5.41, 5.74) is 2.61. The van der Waals surface area contributed by atoms with Crippen LogP contribution in [0.3, 0.4) is 0 Å².